The first kappa shape index (κ1) is 10.2. The van der Waals surface area contributed by atoms with Crippen LogP contribution in [0.3, 0.4) is 0 Å². The van der Waals surface area contributed by atoms with E-state index in [1.165, 1.54) is 6.20 Å². The van der Waals surface area contributed by atoms with Crippen LogP contribution in [-0.2, 0) is 4.79 Å². The molecule has 1 saturated heterocycles. The average Bonchev–Trinajstić information content (AvgIpc) is 2.67. The summed E-state index contributed by atoms with van der Waals surface area (Å²) < 4.78 is 0. The number of anilines is 1. The van der Waals surface area contributed by atoms with Crippen molar-refractivity contribution in [2.24, 2.45) is 0 Å². The molecule has 0 amide bonds. The summed E-state index contributed by atoms with van der Waals surface area (Å²) in [4.78, 5) is 16.9. The highest BCUT2D eigenvalue weighted by Gasteiger charge is 2.31. The molecule has 1 aromatic rings. The zero-order valence-electron chi connectivity index (χ0n) is 8.06. The molecule has 1 aromatic heterocycles. The Kier molecular flexibility index (Phi) is 2.77. The molecule has 0 bridgehead atoms. The fourth-order valence-corrected chi connectivity index (χ4v) is 1.95. The summed E-state index contributed by atoms with van der Waals surface area (Å²) >= 11 is 5.72. The van der Waals surface area contributed by atoms with Crippen LogP contribution in [0.5, 0.6) is 0 Å². The van der Waals surface area contributed by atoms with Crippen LogP contribution in [0.25, 0.3) is 0 Å². The van der Waals surface area contributed by atoms with Crippen molar-refractivity contribution >= 4 is 23.4 Å². The molecule has 0 radical (unpaired) electrons. The van der Waals surface area contributed by atoms with Crippen LogP contribution in [0.4, 0.5) is 5.82 Å². The van der Waals surface area contributed by atoms with Crippen LogP contribution in [0.15, 0.2) is 18.3 Å². The van der Waals surface area contributed by atoms with E-state index in [0.29, 0.717) is 17.3 Å². The quantitative estimate of drug-likeness (QED) is 0.836. The fraction of sp³-hybridized carbons (Fsp3) is 0.400. The van der Waals surface area contributed by atoms with Gasteiger partial charge in [-0.25, -0.2) is 9.78 Å². The molecule has 80 valence electrons. The first-order valence-electron chi connectivity index (χ1n) is 4.79. The molecule has 0 aliphatic carbocycles. The summed E-state index contributed by atoms with van der Waals surface area (Å²) in [6.45, 7) is 0.742. The molecule has 0 spiro atoms. The second kappa shape index (κ2) is 4.06. The molecule has 4 nitrogen and oxygen atoms in total. The number of carboxylic acid groups (broad SMARTS) is 1. The average molecular weight is 227 g/mol. The minimum absolute atomic E-state index is 0.446. The van der Waals surface area contributed by atoms with Crippen molar-refractivity contribution in [1.29, 1.82) is 0 Å². The molecule has 2 rings (SSSR count). The normalized spacial score (nSPS) is 20.6. The van der Waals surface area contributed by atoms with Gasteiger partial charge in [-0.2, -0.15) is 0 Å². The summed E-state index contributed by atoms with van der Waals surface area (Å²) in [5.74, 6) is -0.103. The molecular formula is C10H11ClN2O2. The number of aromatic nitrogens is 1. The third kappa shape index (κ3) is 2.04. The highest BCUT2D eigenvalue weighted by molar-refractivity contribution is 6.30. The van der Waals surface area contributed by atoms with Gasteiger partial charge in [-0.3, -0.25) is 0 Å². The Morgan fingerprint density at radius 3 is 3.00 bits per heavy atom. The van der Waals surface area contributed by atoms with Gasteiger partial charge in [0.15, 0.2) is 0 Å². The first-order chi connectivity index (χ1) is 7.18. The van der Waals surface area contributed by atoms with Crippen LogP contribution in [0.2, 0.25) is 5.02 Å². The molecule has 2 heterocycles. The van der Waals surface area contributed by atoms with Crippen molar-refractivity contribution < 1.29 is 9.90 Å². The third-order valence-electron chi connectivity index (χ3n) is 2.54. The summed E-state index contributed by atoms with van der Waals surface area (Å²) in [5, 5.41) is 9.56. The monoisotopic (exact) mass is 226 g/mol. The summed E-state index contributed by atoms with van der Waals surface area (Å²) in [7, 11) is 0. The molecule has 1 atom stereocenters. The van der Waals surface area contributed by atoms with Gasteiger partial charge in [0.25, 0.3) is 0 Å². The maximum absolute atomic E-state index is 11.0. The highest BCUT2D eigenvalue weighted by atomic mass is 35.5. The number of carboxylic acids is 1. The molecule has 0 aromatic carbocycles. The van der Waals surface area contributed by atoms with E-state index in [4.69, 9.17) is 16.7 Å². The second-order valence-electron chi connectivity index (χ2n) is 3.52. The van der Waals surface area contributed by atoms with Gasteiger partial charge in [-0.05, 0) is 25.0 Å². The molecule has 5 heteroatoms. The number of pyridine rings is 1. The Bertz CT molecular complexity index is 366. The molecule has 15 heavy (non-hydrogen) atoms. The smallest absolute Gasteiger partial charge is 0.326 e. The second-order valence-corrected chi connectivity index (χ2v) is 3.96. The number of rotatable bonds is 2. The minimum Gasteiger partial charge on any atom is -0.480 e. The maximum Gasteiger partial charge on any atom is 0.326 e. The van der Waals surface area contributed by atoms with Gasteiger partial charge in [0, 0.05) is 12.7 Å². The van der Waals surface area contributed by atoms with Gasteiger partial charge in [0.1, 0.15) is 11.9 Å². The van der Waals surface area contributed by atoms with E-state index in [9.17, 15) is 4.79 Å². The molecule has 0 saturated carbocycles. The first-order valence-corrected chi connectivity index (χ1v) is 5.17. The van der Waals surface area contributed by atoms with Crippen molar-refractivity contribution in [3.63, 3.8) is 0 Å². The number of hydrogen-bond acceptors (Lipinski definition) is 3. The van der Waals surface area contributed by atoms with Crippen LogP contribution in [0.1, 0.15) is 12.8 Å². The Morgan fingerprint density at radius 2 is 2.40 bits per heavy atom. The summed E-state index contributed by atoms with van der Waals surface area (Å²) in [6.07, 6.45) is 3.11. The zero-order chi connectivity index (χ0) is 10.8. The standard InChI is InChI=1S/C10H11ClN2O2/c11-7-3-4-9(12-6-7)13-5-1-2-8(13)10(14)15/h3-4,6,8H,1-2,5H2,(H,14,15)/t8-/m0/s1. The molecule has 1 N–H and O–H groups in total. The van der Waals surface area contributed by atoms with E-state index in [1.54, 1.807) is 17.0 Å². The molecule has 1 aliphatic heterocycles. The molecule has 1 aliphatic rings. The maximum atomic E-state index is 11.0. The van der Waals surface area contributed by atoms with Gasteiger partial charge in [-0.15, -0.1) is 0 Å². The Hall–Kier alpha value is -1.29. The van der Waals surface area contributed by atoms with E-state index in [0.717, 1.165) is 13.0 Å². The summed E-state index contributed by atoms with van der Waals surface area (Å²) in [5.41, 5.74) is 0. The van der Waals surface area contributed by atoms with Gasteiger partial charge in [0.2, 0.25) is 0 Å². The van der Waals surface area contributed by atoms with Gasteiger partial charge < -0.3 is 10.0 Å². The largest absolute Gasteiger partial charge is 0.480 e. The van der Waals surface area contributed by atoms with Crippen LogP contribution in [0, 0.1) is 0 Å². The van der Waals surface area contributed by atoms with Crippen molar-refractivity contribution in [2.45, 2.75) is 18.9 Å². The lowest BCUT2D eigenvalue weighted by Gasteiger charge is -2.22. The predicted molar refractivity (Wildman–Crippen MR) is 57.3 cm³/mol. The summed E-state index contributed by atoms with van der Waals surface area (Å²) in [6, 6.07) is 3.03. The van der Waals surface area contributed by atoms with E-state index >= 15 is 0 Å². The number of hydrogen-bond donors (Lipinski definition) is 1. The highest BCUT2D eigenvalue weighted by Crippen LogP contribution is 2.24. The van der Waals surface area contributed by atoms with E-state index in [2.05, 4.69) is 4.98 Å². The molecule has 1 fully saturated rings. The molecule has 0 unspecified atom stereocenters. The topological polar surface area (TPSA) is 53.4 Å². The Morgan fingerprint density at radius 1 is 1.60 bits per heavy atom. The Labute approximate surface area is 92.5 Å². The van der Waals surface area contributed by atoms with Gasteiger partial charge in [-0.1, -0.05) is 11.6 Å². The minimum atomic E-state index is -0.788. The SMILES string of the molecule is O=C(O)[C@@H]1CCCN1c1ccc(Cl)cn1. The third-order valence-corrected chi connectivity index (χ3v) is 2.77. The van der Waals surface area contributed by atoms with Crippen molar-refractivity contribution in [3.8, 4) is 0 Å². The lowest BCUT2D eigenvalue weighted by molar-refractivity contribution is -0.138. The van der Waals surface area contributed by atoms with Crippen molar-refractivity contribution in [1.82, 2.24) is 4.98 Å². The number of carbonyl (C=O) groups is 1. The van der Waals surface area contributed by atoms with Gasteiger partial charge >= 0.3 is 5.97 Å². The lowest BCUT2D eigenvalue weighted by atomic mass is 10.2. The predicted octanol–water partition coefficient (Wildman–Crippen LogP) is 1.79. The van der Waals surface area contributed by atoms with Crippen LogP contribution in [-0.4, -0.2) is 28.6 Å². The zero-order valence-corrected chi connectivity index (χ0v) is 8.81. The van der Waals surface area contributed by atoms with Crippen LogP contribution >= 0.6 is 11.6 Å². The van der Waals surface area contributed by atoms with Crippen molar-refractivity contribution in [2.75, 3.05) is 11.4 Å². The van der Waals surface area contributed by atoms with E-state index in [1.807, 2.05) is 0 Å². The number of halogens is 1. The van der Waals surface area contributed by atoms with Crippen LogP contribution < -0.4 is 4.90 Å². The van der Waals surface area contributed by atoms with Gasteiger partial charge in [0.05, 0.1) is 5.02 Å². The lowest BCUT2D eigenvalue weighted by Crippen LogP contribution is -2.36. The molecular weight excluding hydrogens is 216 g/mol. The number of aliphatic carboxylic acids is 1. The Balaban J connectivity index is 2.22. The van der Waals surface area contributed by atoms with E-state index in [-0.39, 0.29) is 0 Å². The number of nitrogens with zero attached hydrogens (tertiary/aromatic N) is 2. The fourth-order valence-electron chi connectivity index (χ4n) is 1.84. The van der Waals surface area contributed by atoms with Crippen molar-refractivity contribution in [3.05, 3.63) is 23.4 Å². The van der Waals surface area contributed by atoms with E-state index < -0.39 is 12.0 Å².